The van der Waals surface area contributed by atoms with Gasteiger partial charge in [0.2, 0.25) is 0 Å². The molecule has 0 aliphatic heterocycles. The van der Waals surface area contributed by atoms with Gasteiger partial charge in [-0.15, -0.1) is 25.3 Å². The predicted molar refractivity (Wildman–Crippen MR) is 84.7 cm³/mol. The van der Waals surface area contributed by atoms with Crippen molar-refractivity contribution in [2.24, 2.45) is 0 Å². The Morgan fingerprint density at radius 3 is 1.94 bits per heavy atom. The maximum Gasteiger partial charge on any atom is 0.0686 e. The Labute approximate surface area is 119 Å². The van der Waals surface area contributed by atoms with Crippen molar-refractivity contribution in [3.05, 3.63) is 76.7 Å². The monoisotopic (exact) mass is 268 g/mol. The Hall–Kier alpha value is -1.56. The molecular formula is C16H12S2. The Morgan fingerprint density at radius 2 is 1.33 bits per heavy atom. The van der Waals surface area contributed by atoms with Crippen LogP contribution >= 0.6 is 25.3 Å². The minimum absolute atomic E-state index is 0.674. The zero-order valence-electron chi connectivity index (χ0n) is 9.67. The lowest BCUT2D eigenvalue weighted by Crippen LogP contribution is -1.79. The molecule has 0 atom stereocenters. The van der Waals surface area contributed by atoms with Gasteiger partial charge < -0.3 is 0 Å². The van der Waals surface area contributed by atoms with Crippen LogP contribution < -0.4 is 0 Å². The smallest absolute Gasteiger partial charge is 0.0686 e. The van der Waals surface area contributed by atoms with E-state index in [1.807, 2.05) is 60.7 Å². The first-order valence-corrected chi connectivity index (χ1v) is 6.41. The molecule has 0 radical (unpaired) electrons. The topological polar surface area (TPSA) is 0 Å². The molecule has 0 amide bonds. The fourth-order valence-electron chi connectivity index (χ4n) is 1.44. The molecule has 0 aliphatic carbocycles. The Kier molecular flexibility index (Phi) is 4.58. The summed E-state index contributed by atoms with van der Waals surface area (Å²) < 4.78 is 0. The third-order valence-electron chi connectivity index (χ3n) is 2.37. The third kappa shape index (κ3) is 3.46. The molecule has 2 aromatic carbocycles. The Morgan fingerprint density at radius 1 is 0.778 bits per heavy atom. The minimum atomic E-state index is 0.674. The average Bonchev–Trinajstić information content (AvgIpc) is 2.46. The number of rotatable bonds is 1. The normalized spacial score (nSPS) is 11.2. The lowest BCUT2D eigenvalue weighted by molar-refractivity contribution is 1.64. The first-order chi connectivity index (χ1) is 8.77. The molecule has 2 heteroatoms. The van der Waals surface area contributed by atoms with Gasteiger partial charge in [0, 0.05) is 10.5 Å². The third-order valence-corrected chi connectivity index (χ3v) is 3.36. The largest absolute Gasteiger partial charge is 0.141 e. The van der Waals surface area contributed by atoms with Crippen LogP contribution in [0.2, 0.25) is 0 Å². The molecule has 88 valence electrons. The number of hydrogen-bond acceptors (Lipinski definition) is 2. The summed E-state index contributed by atoms with van der Waals surface area (Å²) in [5.41, 5.74) is 1.99. The summed E-state index contributed by atoms with van der Waals surface area (Å²) in [6, 6.07) is 19.7. The summed E-state index contributed by atoms with van der Waals surface area (Å²) in [5, 5.41) is 0. The van der Waals surface area contributed by atoms with Gasteiger partial charge >= 0.3 is 0 Å². The van der Waals surface area contributed by atoms with Crippen molar-refractivity contribution in [2.45, 2.75) is 0 Å². The highest BCUT2D eigenvalue weighted by Gasteiger charge is 1.99. The average molecular weight is 268 g/mol. The highest BCUT2D eigenvalue weighted by atomic mass is 32.1. The zero-order valence-corrected chi connectivity index (χ0v) is 11.5. The molecule has 0 bridgehead atoms. The quantitative estimate of drug-likeness (QED) is 0.560. The van der Waals surface area contributed by atoms with Crippen LogP contribution in [0.1, 0.15) is 11.1 Å². The van der Waals surface area contributed by atoms with E-state index < -0.39 is 0 Å². The molecule has 0 spiro atoms. The summed E-state index contributed by atoms with van der Waals surface area (Å²) in [7, 11) is 0. The molecule has 0 nitrogen and oxygen atoms in total. The van der Waals surface area contributed by atoms with E-state index in [0.29, 0.717) is 4.91 Å². The van der Waals surface area contributed by atoms with Gasteiger partial charge in [-0.2, -0.15) is 0 Å². The van der Waals surface area contributed by atoms with Crippen molar-refractivity contribution in [3.8, 4) is 11.8 Å². The van der Waals surface area contributed by atoms with Crippen LogP contribution in [-0.4, -0.2) is 0 Å². The van der Waals surface area contributed by atoms with Gasteiger partial charge in [-0.3, -0.25) is 0 Å². The van der Waals surface area contributed by atoms with Gasteiger partial charge in [0.1, 0.15) is 0 Å². The number of benzene rings is 2. The maximum absolute atomic E-state index is 4.46. The van der Waals surface area contributed by atoms with Gasteiger partial charge in [0.15, 0.2) is 0 Å². The molecule has 0 unspecified atom stereocenters. The van der Waals surface area contributed by atoms with Crippen molar-refractivity contribution >= 4 is 30.2 Å². The van der Waals surface area contributed by atoms with E-state index in [2.05, 4.69) is 37.1 Å². The van der Waals surface area contributed by atoms with Crippen LogP contribution in [-0.2, 0) is 0 Å². The number of allylic oxidation sites excluding steroid dienone is 1. The molecule has 0 aliphatic rings. The summed E-state index contributed by atoms with van der Waals surface area (Å²) in [6.07, 6.45) is 0. The van der Waals surface area contributed by atoms with E-state index in [9.17, 15) is 0 Å². The van der Waals surface area contributed by atoms with Gasteiger partial charge in [-0.05, 0) is 17.7 Å². The standard InChI is InChI=1S/C16H12S2/c17-15(12-11-13-7-3-1-4-8-13)16(18)14-9-5-2-6-10-14/h1-10,17-18H/b16-15+. The molecule has 0 fully saturated rings. The van der Waals surface area contributed by atoms with Crippen LogP contribution in [0.3, 0.4) is 0 Å². The van der Waals surface area contributed by atoms with Crippen molar-refractivity contribution in [2.75, 3.05) is 0 Å². The van der Waals surface area contributed by atoms with Crippen molar-refractivity contribution in [3.63, 3.8) is 0 Å². The molecule has 2 rings (SSSR count). The van der Waals surface area contributed by atoms with Crippen LogP contribution in [0, 0.1) is 11.8 Å². The number of hydrogen-bond donors (Lipinski definition) is 2. The van der Waals surface area contributed by atoms with Crippen molar-refractivity contribution in [1.29, 1.82) is 0 Å². The van der Waals surface area contributed by atoms with Crippen LogP contribution in [0.15, 0.2) is 65.6 Å². The zero-order chi connectivity index (χ0) is 12.8. The van der Waals surface area contributed by atoms with Crippen LogP contribution in [0.4, 0.5) is 0 Å². The van der Waals surface area contributed by atoms with E-state index in [1.54, 1.807) is 0 Å². The first kappa shape index (κ1) is 12.9. The lowest BCUT2D eigenvalue weighted by Gasteiger charge is -2.00. The molecule has 0 saturated heterocycles. The first-order valence-electron chi connectivity index (χ1n) is 5.52. The molecule has 0 N–H and O–H groups in total. The summed E-state index contributed by atoms with van der Waals surface area (Å²) in [5.74, 6) is 6.08. The van der Waals surface area contributed by atoms with Gasteiger partial charge in [-0.1, -0.05) is 60.4 Å². The van der Waals surface area contributed by atoms with E-state index in [-0.39, 0.29) is 0 Å². The molecular weight excluding hydrogens is 256 g/mol. The molecule has 18 heavy (non-hydrogen) atoms. The second kappa shape index (κ2) is 6.39. The predicted octanol–water partition coefficient (Wildman–Crippen LogP) is 4.27. The fourth-order valence-corrected chi connectivity index (χ4v) is 1.83. The molecule has 2 aromatic rings. The van der Waals surface area contributed by atoms with Crippen molar-refractivity contribution < 1.29 is 0 Å². The highest BCUT2D eigenvalue weighted by molar-refractivity contribution is 7.93. The molecule has 0 saturated carbocycles. The molecule has 0 aromatic heterocycles. The van der Waals surface area contributed by atoms with Gasteiger partial charge in [0.25, 0.3) is 0 Å². The van der Waals surface area contributed by atoms with Gasteiger partial charge in [-0.25, -0.2) is 0 Å². The summed E-state index contributed by atoms with van der Waals surface area (Å²) in [6.45, 7) is 0. The van der Waals surface area contributed by atoms with Gasteiger partial charge in [0.05, 0.1) is 4.91 Å². The maximum atomic E-state index is 4.46. The second-order valence-electron chi connectivity index (χ2n) is 3.68. The van der Waals surface area contributed by atoms with Crippen LogP contribution in [0.25, 0.3) is 4.91 Å². The second-order valence-corrected chi connectivity index (χ2v) is 4.57. The van der Waals surface area contributed by atoms with E-state index in [0.717, 1.165) is 16.0 Å². The van der Waals surface area contributed by atoms with E-state index in [4.69, 9.17) is 0 Å². The Bertz CT molecular complexity index is 602. The lowest BCUT2D eigenvalue weighted by atomic mass is 10.2. The molecule has 0 heterocycles. The van der Waals surface area contributed by atoms with Crippen molar-refractivity contribution in [1.82, 2.24) is 0 Å². The Balaban J connectivity index is 2.27. The van der Waals surface area contributed by atoms with E-state index in [1.165, 1.54) is 0 Å². The van der Waals surface area contributed by atoms with Crippen LogP contribution in [0.5, 0.6) is 0 Å². The number of thiol groups is 2. The SMILES string of the molecule is S/C(C#Cc1ccccc1)=C(/S)c1ccccc1. The minimum Gasteiger partial charge on any atom is -0.141 e. The van der Waals surface area contributed by atoms with E-state index >= 15 is 0 Å². The fraction of sp³-hybridized carbons (Fsp3) is 0. The summed E-state index contributed by atoms with van der Waals surface area (Å²) in [4.78, 5) is 1.47. The highest BCUT2D eigenvalue weighted by Crippen LogP contribution is 2.23. The summed E-state index contributed by atoms with van der Waals surface area (Å²) >= 11 is 8.86.